The maximum Gasteiger partial charge on any atom is 0.113 e. The summed E-state index contributed by atoms with van der Waals surface area (Å²) in [5.41, 5.74) is 1.17. The van der Waals surface area contributed by atoms with Crippen LogP contribution >= 0.6 is 46.8 Å². The third-order valence-electron chi connectivity index (χ3n) is 1.63. The molecule has 0 saturated heterocycles. The summed E-state index contributed by atoms with van der Waals surface area (Å²) >= 11 is 2.11. The lowest BCUT2D eigenvalue weighted by Crippen LogP contribution is -1.74. The molecule has 0 radical (unpaired) electrons. The number of rotatable bonds is 1. The first-order valence-corrected chi connectivity index (χ1v) is 4.42. The normalized spacial score (nSPS) is 9.42. The van der Waals surface area contributed by atoms with Crippen LogP contribution in [-0.2, 0) is 0 Å². The van der Waals surface area contributed by atoms with Crippen molar-refractivity contribution in [1.29, 1.82) is 0 Å². The highest BCUT2D eigenvalue weighted by Crippen LogP contribution is 2.18. The Morgan fingerprint density at radius 1 is 1.25 bits per heavy atom. The molecule has 2 aromatic rings. The van der Waals surface area contributed by atoms with Crippen molar-refractivity contribution in [2.45, 2.75) is 0 Å². The van der Waals surface area contributed by atoms with Gasteiger partial charge in [0.1, 0.15) is 5.82 Å². The Bertz CT molecular complexity index is 337. The fourth-order valence-electron chi connectivity index (χ4n) is 1.12. The number of H-pyrrole nitrogens is 1. The molecule has 0 aliphatic heterocycles. The zero-order valence-electron chi connectivity index (χ0n) is 6.17. The SMILES string of the molecule is I.INc1cc2ccccc2[nH]1. The predicted molar refractivity (Wildman–Crippen MR) is 71.4 cm³/mol. The summed E-state index contributed by atoms with van der Waals surface area (Å²) in [6.07, 6.45) is 0. The quantitative estimate of drug-likeness (QED) is 0.570. The fraction of sp³-hybridized carbons (Fsp3) is 0. The molecule has 0 spiro atoms. The van der Waals surface area contributed by atoms with Crippen LogP contribution in [0.5, 0.6) is 0 Å². The topological polar surface area (TPSA) is 27.8 Å². The number of halogens is 2. The van der Waals surface area contributed by atoms with Gasteiger partial charge in [0, 0.05) is 10.9 Å². The minimum absolute atomic E-state index is 0. The summed E-state index contributed by atoms with van der Waals surface area (Å²) in [6, 6.07) is 10.3. The van der Waals surface area contributed by atoms with Crippen LogP contribution < -0.4 is 3.53 Å². The van der Waals surface area contributed by atoms with Crippen LogP contribution in [0, 0.1) is 0 Å². The van der Waals surface area contributed by atoms with E-state index in [-0.39, 0.29) is 24.0 Å². The molecular weight excluding hydrogens is 378 g/mol. The monoisotopic (exact) mass is 386 g/mol. The Morgan fingerprint density at radius 2 is 2.00 bits per heavy atom. The largest absolute Gasteiger partial charge is 0.341 e. The van der Waals surface area contributed by atoms with Crippen molar-refractivity contribution in [2.24, 2.45) is 0 Å². The van der Waals surface area contributed by atoms with Crippen LogP contribution in [0.2, 0.25) is 0 Å². The second-order valence-electron chi connectivity index (χ2n) is 2.36. The van der Waals surface area contributed by atoms with Crippen LogP contribution in [0.25, 0.3) is 10.9 Å². The summed E-state index contributed by atoms with van der Waals surface area (Å²) in [4.78, 5) is 3.23. The Hall–Kier alpha value is 0.0200. The summed E-state index contributed by atoms with van der Waals surface area (Å²) in [6.45, 7) is 0. The highest BCUT2D eigenvalue weighted by atomic mass is 127. The van der Waals surface area contributed by atoms with Gasteiger partial charge in [-0.25, -0.2) is 0 Å². The first kappa shape index (κ1) is 10.1. The second-order valence-corrected chi connectivity index (χ2v) is 2.90. The van der Waals surface area contributed by atoms with E-state index in [1.807, 2.05) is 12.1 Å². The number of anilines is 1. The van der Waals surface area contributed by atoms with E-state index in [0.29, 0.717) is 0 Å². The van der Waals surface area contributed by atoms with Crippen molar-refractivity contribution in [3.8, 4) is 0 Å². The van der Waals surface area contributed by atoms with Crippen LogP contribution in [0.3, 0.4) is 0 Å². The molecule has 0 aliphatic carbocycles. The van der Waals surface area contributed by atoms with E-state index in [1.54, 1.807) is 0 Å². The van der Waals surface area contributed by atoms with Crippen LogP contribution in [0.15, 0.2) is 30.3 Å². The average Bonchev–Trinajstić information content (AvgIpc) is 2.46. The van der Waals surface area contributed by atoms with Crippen LogP contribution in [0.4, 0.5) is 5.82 Å². The number of fused-ring (bicyclic) bond motifs is 1. The molecule has 0 bridgehead atoms. The standard InChI is InChI=1S/C8H7IN2.HI/c9-11-8-5-6-3-1-2-4-7(6)10-8;/h1-5,10-11H;1H. The maximum absolute atomic E-state index is 3.23. The molecule has 0 amide bonds. The van der Waals surface area contributed by atoms with E-state index in [1.165, 1.54) is 10.9 Å². The molecule has 12 heavy (non-hydrogen) atoms. The smallest absolute Gasteiger partial charge is 0.113 e. The number of aromatic nitrogens is 1. The number of aromatic amines is 1. The van der Waals surface area contributed by atoms with Gasteiger partial charge < -0.3 is 8.51 Å². The molecule has 1 aromatic carbocycles. The van der Waals surface area contributed by atoms with E-state index in [2.05, 4.69) is 49.6 Å². The van der Waals surface area contributed by atoms with Crippen LogP contribution in [0.1, 0.15) is 0 Å². The highest BCUT2D eigenvalue weighted by molar-refractivity contribution is 14.1. The van der Waals surface area contributed by atoms with E-state index >= 15 is 0 Å². The van der Waals surface area contributed by atoms with Gasteiger partial charge in [-0.1, -0.05) is 18.2 Å². The molecule has 0 saturated carbocycles. The zero-order chi connectivity index (χ0) is 7.68. The Balaban J connectivity index is 0.000000720. The molecule has 2 N–H and O–H groups in total. The molecule has 0 aliphatic rings. The molecule has 4 heteroatoms. The molecule has 1 aromatic heterocycles. The minimum atomic E-state index is 0. The Labute approximate surface area is 102 Å². The van der Waals surface area contributed by atoms with E-state index < -0.39 is 0 Å². The number of hydrogen-bond donors (Lipinski definition) is 2. The van der Waals surface area contributed by atoms with Gasteiger partial charge in [0.2, 0.25) is 0 Å². The highest BCUT2D eigenvalue weighted by Gasteiger charge is 1.95. The number of para-hydroxylation sites is 1. The molecule has 0 unspecified atom stereocenters. The van der Waals surface area contributed by atoms with Gasteiger partial charge in [-0.3, -0.25) is 0 Å². The molecule has 0 fully saturated rings. The summed E-state index contributed by atoms with van der Waals surface area (Å²) < 4.78 is 3.03. The first-order chi connectivity index (χ1) is 5.40. The fourth-order valence-corrected chi connectivity index (χ4v) is 1.41. The molecule has 2 nitrogen and oxygen atoms in total. The van der Waals surface area contributed by atoms with Gasteiger partial charge in [0.05, 0.1) is 22.9 Å². The Morgan fingerprint density at radius 3 is 2.67 bits per heavy atom. The number of hydrogen-bond acceptors (Lipinski definition) is 1. The maximum atomic E-state index is 3.23. The first-order valence-electron chi connectivity index (χ1n) is 3.34. The van der Waals surface area contributed by atoms with Gasteiger partial charge >= 0.3 is 0 Å². The third kappa shape index (κ3) is 1.85. The third-order valence-corrected chi connectivity index (χ3v) is 2.21. The van der Waals surface area contributed by atoms with E-state index in [4.69, 9.17) is 0 Å². The van der Waals surface area contributed by atoms with E-state index in [0.717, 1.165) is 5.82 Å². The van der Waals surface area contributed by atoms with Gasteiger partial charge in [-0.05, 0) is 12.1 Å². The molecule has 2 rings (SSSR count). The molecule has 0 atom stereocenters. The van der Waals surface area contributed by atoms with E-state index in [9.17, 15) is 0 Å². The molecule has 64 valence electrons. The molecular formula is C8H8I2N2. The lowest BCUT2D eigenvalue weighted by molar-refractivity contribution is 1.48. The van der Waals surface area contributed by atoms with Gasteiger partial charge in [0.15, 0.2) is 0 Å². The zero-order valence-corrected chi connectivity index (χ0v) is 10.7. The average molecular weight is 386 g/mol. The number of nitrogens with one attached hydrogen (secondary N) is 2. The number of benzene rings is 1. The lowest BCUT2D eigenvalue weighted by Gasteiger charge is -1.86. The lowest BCUT2D eigenvalue weighted by atomic mass is 10.3. The van der Waals surface area contributed by atoms with Crippen LogP contribution in [-0.4, -0.2) is 4.98 Å². The Kier molecular flexibility index (Phi) is 3.63. The summed E-state index contributed by atoms with van der Waals surface area (Å²) in [7, 11) is 0. The van der Waals surface area contributed by atoms with Gasteiger partial charge in [-0.15, -0.1) is 24.0 Å². The van der Waals surface area contributed by atoms with Crippen molar-refractivity contribution in [2.75, 3.05) is 3.53 Å². The van der Waals surface area contributed by atoms with Crippen molar-refractivity contribution >= 4 is 63.6 Å². The van der Waals surface area contributed by atoms with Crippen molar-refractivity contribution in [1.82, 2.24) is 4.98 Å². The van der Waals surface area contributed by atoms with Crippen molar-refractivity contribution in [3.05, 3.63) is 30.3 Å². The molecule has 1 heterocycles. The van der Waals surface area contributed by atoms with Gasteiger partial charge in [-0.2, -0.15) is 0 Å². The summed E-state index contributed by atoms with van der Waals surface area (Å²) in [5, 5.41) is 1.24. The van der Waals surface area contributed by atoms with Gasteiger partial charge in [0.25, 0.3) is 0 Å². The summed E-state index contributed by atoms with van der Waals surface area (Å²) in [5.74, 6) is 1.05. The predicted octanol–water partition coefficient (Wildman–Crippen LogP) is 3.55. The minimum Gasteiger partial charge on any atom is -0.341 e. The van der Waals surface area contributed by atoms with Crippen molar-refractivity contribution in [3.63, 3.8) is 0 Å². The van der Waals surface area contributed by atoms with Crippen molar-refractivity contribution < 1.29 is 0 Å². The second kappa shape index (κ2) is 4.31.